The van der Waals surface area contributed by atoms with Crippen LogP contribution in [-0.4, -0.2) is 28.1 Å². The van der Waals surface area contributed by atoms with Gasteiger partial charge in [0, 0.05) is 22.8 Å². The summed E-state index contributed by atoms with van der Waals surface area (Å²) in [5, 5.41) is 4.40. The Balaban J connectivity index is 1.63. The highest BCUT2D eigenvalue weighted by Gasteiger charge is 2.52. The molecule has 4 nitrogen and oxygen atoms in total. The number of halogens is 2. The molecule has 4 rings (SSSR count). The van der Waals surface area contributed by atoms with Crippen molar-refractivity contribution < 1.29 is 18.1 Å². The molecule has 156 valence electrons. The smallest absolute Gasteiger partial charge is 0.399 e. The molecular formula is C23H25BF2N2O2. The molecule has 3 aromatic rings. The Hall–Kier alpha value is -2.51. The third kappa shape index (κ3) is 3.57. The fraction of sp³-hybridized carbons (Fsp3) is 0.348. The van der Waals surface area contributed by atoms with E-state index in [0.717, 1.165) is 5.56 Å². The molecule has 2 aromatic carbocycles. The third-order valence-electron chi connectivity index (χ3n) is 6.20. The van der Waals surface area contributed by atoms with E-state index in [1.54, 1.807) is 47.4 Å². The van der Waals surface area contributed by atoms with E-state index in [0.29, 0.717) is 16.6 Å². The van der Waals surface area contributed by atoms with E-state index in [-0.39, 0.29) is 17.7 Å². The van der Waals surface area contributed by atoms with Gasteiger partial charge in [0.2, 0.25) is 0 Å². The summed E-state index contributed by atoms with van der Waals surface area (Å²) in [6, 6.07) is 11.4. The van der Waals surface area contributed by atoms with Crippen LogP contribution in [0.5, 0.6) is 0 Å². The lowest BCUT2D eigenvalue weighted by Crippen LogP contribution is -2.41. The van der Waals surface area contributed by atoms with Crippen molar-refractivity contribution in [3.8, 4) is 11.1 Å². The van der Waals surface area contributed by atoms with Gasteiger partial charge in [0.05, 0.1) is 23.4 Å². The molecule has 1 aromatic heterocycles. The molecule has 0 spiro atoms. The van der Waals surface area contributed by atoms with E-state index in [9.17, 15) is 4.39 Å². The summed E-state index contributed by atoms with van der Waals surface area (Å²) in [6.45, 7) is 9.72. The summed E-state index contributed by atoms with van der Waals surface area (Å²) in [5.74, 6) is -0.668. The van der Waals surface area contributed by atoms with E-state index >= 15 is 4.39 Å². The van der Waals surface area contributed by atoms with Gasteiger partial charge in [-0.15, -0.1) is 0 Å². The van der Waals surface area contributed by atoms with E-state index in [1.807, 2.05) is 34.6 Å². The topological polar surface area (TPSA) is 36.3 Å². The van der Waals surface area contributed by atoms with E-state index in [4.69, 9.17) is 9.31 Å². The van der Waals surface area contributed by atoms with Gasteiger partial charge >= 0.3 is 7.12 Å². The molecule has 30 heavy (non-hydrogen) atoms. The van der Waals surface area contributed by atoms with Crippen LogP contribution in [0.4, 0.5) is 8.78 Å². The number of benzene rings is 2. The van der Waals surface area contributed by atoms with Gasteiger partial charge < -0.3 is 9.31 Å². The molecule has 0 bridgehead atoms. The van der Waals surface area contributed by atoms with Crippen LogP contribution in [-0.2, 0) is 9.31 Å². The normalized spacial score (nSPS) is 18.6. The largest absolute Gasteiger partial charge is 0.497 e. The van der Waals surface area contributed by atoms with Gasteiger partial charge in [-0.1, -0.05) is 30.3 Å². The van der Waals surface area contributed by atoms with Crippen molar-refractivity contribution in [3.05, 3.63) is 72.1 Å². The maximum absolute atomic E-state index is 15.5. The Bertz CT molecular complexity index is 1050. The molecule has 0 radical (unpaired) electrons. The van der Waals surface area contributed by atoms with E-state index in [2.05, 4.69) is 5.10 Å². The molecule has 1 atom stereocenters. The molecule has 1 saturated heterocycles. The van der Waals surface area contributed by atoms with Crippen molar-refractivity contribution in [2.75, 3.05) is 0 Å². The van der Waals surface area contributed by atoms with Gasteiger partial charge in [0.1, 0.15) is 11.6 Å². The van der Waals surface area contributed by atoms with Gasteiger partial charge in [-0.3, -0.25) is 4.68 Å². The predicted molar refractivity (Wildman–Crippen MR) is 114 cm³/mol. The first-order chi connectivity index (χ1) is 14.1. The van der Waals surface area contributed by atoms with Crippen LogP contribution in [0.2, 0.25) is 0 Å². The first-order valence-electron chi connectivity index (χ1n) is 10.0. The average Bonchev–Trinajstić information content (AvgIpc) is 3.24. The molecule has 0 saturated carbocycles. The van der Waals surface area contributed by atoms with Crippen LogP contribution in [0.15, 0.2) is 54.9 Å². The van der Waals surface area contributed by atoms with Crippen LogP contribution in [0.25, 0.3) is 11.1 Å². The van der Waals surface area contributed by atoms with Crippen LogP contribution in [0.1, 0.15) is 46.2 Å². The van der Waals surface area contributed by atoms with Crippen molar-refractivity contribution in [1.29, 1.82) is 0 Å². The Labute approximate surface area is 176 Å². The highest BCUT2D eigenvalue weighted by atomic mass is 19.1. The lowest BCUT2D eigenvalue weighted by Gasteiger charge is -2.32. The second-order valence-electron chi connectivity index (χ2n) is 8.73. The average molecular weight is 410 g/mol. The molecule has 0 N–H and O–H groups in total. The van der Waals surface area contributed by atoms with E-state index < -0.39 is 18.3 Å². The van der Waals surface area contributed by atoms with Gasteiger partial charge in [0.25, 0.3) is 0 Å². The number of aromatic nitrogens is 2. The fourth-order valence-electron chi connectivity index (χ4n) is 3.51. The number of nitrogens with zero attached hydrogens (tertiary/aromatic N) is 2. The van der Waals surface area contributed by atoms with Gasteiger partial charge in [0.15, 0.2) is 0 Å². The summed E-state index contributed by atoms with van der Waals surface area (Å²) >= 11 is 0. The summed E-state index contributed by atoms with van der Waals surface area (Å²) in [7, 11) is -0.775. The minimum atomic E-state index is -0.775. The summed E-state index contributed by atoms with van der Waals surface area (Å²) < 4.78 is 42.4. The molecule has 0 amide bonds. The van der Waals surface area contributed by atoms with Crippen LogP contribution in [0.3, 0.4) is 0 Å². The number of rotatable bonds is 4. The molecule has 1 aliphatic rings. The van der Waals surface area contributed by atoms with Crippen molar-refractivity contribution in [3.63, 3.8) is 0 Å². The summed E-state index contributed by atoms with van der Waals surface area (Å²) in [5.41, 5.74) is 1.27. The van der Waals surface area contributed by atoms with Crippen molar-refractivity contribution >= 4 is 12.6 Å². The van der Waals surface area contributed by atoms with Crippen LogP contribution >= 0.6 is 0 Å². The first kappa shape index (κ1) is 20.8. The second kappa shape index (κ2) is 7.32. The highest BCUT2D eigenvalue weighted by molar-refractivity contribution is 6.62. The van der Waals surface area contributed by atoms with Crippen molar-refractivity contribution in [1.82, 2.24) is 9.78 Å². The van der Waals surface area contributed by atoms with Gasteiger partial charge in [-0.2, -0.15) is 5.10 Å². The zero-order valence-electron chi connectivity index (χ0n) is 17.8. The minimum absolute atomic E-state index is 0.117. The standard InChI is InChI=1S/C23H25BF2N2O2/c1-15(16-9-11-18(25)12-10-16)28-14-17(13-27-28)19-7-6-8-20(21(19)26)24-29-22(2,3)23(4,5)30-24/h6-15H,1-5H3. The Kier molecular flexibility index (Phi) is 5.07. The number of hydrogen-bond donors (Lipinski definition) is 0. The second-order valence-corrected chi connectivity index (χ2v) is 8.73. The van der Waals surface area contributed by atoms with Gasteiger partial charge in [-0.25, -0.2) is 8.78 Å². The van der Waals surface area contributed by atoms with Gasteiger partial charge in [-0.05, 0) is 52.3 Å². The molecule has 1 unspecified atom stereocenters. The lowest BCUT2D eigenvalue weighted by molar-refractivity contribution is 0.00578. The van der Waals surface area contributed by atoms with Crippen LogP contribution < -0.4 is 5.46 Å². The maximum Gasteiger partial charge on any atom is 0.497 e. The molecule has 0 aliphatic carbocycles. The van der Waals surface area contributed by atoms with E-state index in [1.165, 1.54) is 12.1 Å². The molecule has 1 aliphatic heterocycles. The Morgan fingerprint density at radius 1 is 0.967 bits per heavy atom. The first-order valence-corrected chi connectivity index (χ1v) is 10.0. The molecule has 2 heterocycles. The Morgan fingerprint density at radius 2 is 1.60 bits per heavy atom. The molecule has 1 fully saturated rings. The quantitative estimate of drug-likeness (QED) is 0.584. The molecular weight excluding hydrogens is 385 g/mol. The third-order valence-corrected chi connectivity index (χ3v) is 6.20. The van der Waals surface area contributed by atoms with Crippen LogP contribution in [0, 0.1) is 11.6 Å². The lowest BCUT2D eigenvalue weighted by atomic mass is 9.77. The molecule has 7 heteroatoms. The van der Waals surface area contributed by atoms with Crippen molar-refractivity contribution in [2.45, 2.75) is 51.9 Å². The minimum Gasteiger partial charge on any atom is -0.399 e. The zero-order chi connectivity index (χ0) is 21.7. The Morgan fingerprint density at radius 3 is 2.23 bits per heavy atom. The maximum atomic E-state index is 15.5. The van der Waals surface area contributed by atoms with Crippen molar-refractivity contribution in [2.24, 2.45) is 0 Å². The predicted octanol–water partition coefficient (Wildman–Crippen LogP) is 4.74. The monoisotopic (exact) mass is 410 g/mol. The summed E-state index contributed by atoms with van der Waals surface area (Å²) in [4.78, 5) is 0. The highest BCUT2D eigenvalue weighted by Crippen LogP contribution is 2.37. The number of hydrogen-bond acceptors (Lipinski definition) is 3. The zero-order valence-corrected chi connectivity index (χ0v) is 17.8. The fourth-order valence-corrected chi connectivity index (χ4v) is 3.51. The summed E-state index contributed by atoms with van der Waals surface area (Å²) in [6.07, 6.45) is 3.42. The SMILES string of the molecule is CC(c1ccc(F)cc1)n1cc(-c2cccc(B3OC(C)(C)C(C)(C)O3)c2F)cn1.